The zero-order valence-corrected chi connectivity index (χ0v) is 22.9. The van der Waals surface area contributed by atoms with Gasteiger partial charge in [0.25, 0.3) is 0 Å². The minimum atomic E-state index is -0.0480. The molecule has 0 saturated carbocycles. The fraction of sp³-hybridized carbons (Fsp3) is 0.132. The largest absolute Gasteiger partial charge is 0.467 e. The van der Waals surface area contributed by atoms with Crippen molar-refractivity contribution in [3.63, 3.8) is 0 Å². The number of rotatable bonds is 3. The molecule has 1 aliphatic carbocycles. The summed E-state index contributed by atoms with van der Waals surface area (Å²) in [7, 11) is 0. The van der Waals surface area contributed by atoms with Crippen molar-refractivity contribution in [2.45, 2.75) is 32.9 Å². The summed E-state index contributed by atoms with van der Waals surface area (Å²) in [5.74, 6) is 0.732. The van der Waals surface area contributed by atoms with Gasteiger partial charge in [-0.25, -0.2) is 4.99 Å². The highest BCUT2D eigenvalue weighted by Crippen LogP contribution is 2.44. The van der Waals surface area contributed by atoms with Crippen molar-refractivity contribution >= 4 is 38.2 Å². The lowest BCUT2D eigenvalue weighted by molar-refractivity contribution is 0.255. The van der Waals surface area contributed by atoms with Crippen LogP contribution in [0.25, 0.3) is 54.6 Å². The number of ether oxygens (including phenoxy) is 1. The van der Waals surface area contributed by atoms with Crippen LogP contribution in [0.2, 0.25) is 0 Å². The lowest BCUT2D eigenvalue weighted by Gasteiger charge is -2.20. The third-order valence-electron chi connectivity index (χ3n) is 8.57. The van der Waals surface area contributed by atoms with Gasteiger partial charge in [-0.05, 0) is 87.5 Å². The molecule has 2 nitrogen and oxygen atoms in total. The van der Waals surface area contributed by atoms with Crippen molar-refractivity contribution in [3.05, 3.63) is 131 Å². The second kappa shape index (κ2) is 8.66. The summed E-state index contributed by atoms with van der Waals surface area (Å²) in [4.78, 5) is 5.10. The van der Waals surface area contributed by atoms with Crippen molar-refractivity contribution < 1.29 is 4.74 Å². The average Bonchev–Trinajstić information content (AvgIpc) is 3.39. The number of aliphatic imine (C=N–C) groups is 1. The summed E-state index contributed by atoms with van der Waals surface area (Å²) in [5, 5.41) is 7.55. The molecule has 2 aliphatic rings. The van der Waals surface area contributed by atoms with Crippen molar-refractivity contribution in [2.24, 2.45) is 4.99 Å². The van der Waals surface area contributed by atoms with E-state index in [1.807, 2.05) is 0 Å². The first-order chi connectivity index (χ1) is 19.5. The molecule has 0 bridgehead atoms. The third kappa shape index (κ3) is 3.53. The molecular formula is C38H29NO. The van der Waals surface area contributed by atoms with Crippen LogP contribution in [0.5, 0.6) is 0 Å². The predicted octanol–water partition coefficient (Wildman–Crippen LogP) is 9.56. The number of benzene rings is 6. The fourth-order valence-electron chi connectivity index (χ4n) is 6.46. The lowest BCUT2D eigenvalue weighted by atomic mass is 9.85. The molecule has 6 aromatic carbocycles. The van der Waals surface area contributed by atoms with E-state index >= 15 is 0 Å². The summed E-state index contributed by atoms with van der Waals surface area (Å²) >= 11 is 0. The summed E-state index contributed by atoms with van der Waals surface area (Å²) in [6.07, 6.45) is 6.44. The van der Waals surface area contributed by atoms with Crippen LogP contribution in [0.15, 0.2) is 120 Å². The molecule has 0 N–H and O–H groups in total. The third-order valence-corrected chi connectivity index (χ3v) is 8.57. The normalized spacial score (nSPS) is 18.3. The molecule has 0 amide bonds. The Morgan fingerprint density at radius 2 is 1.20 bits per heavy atom. The SMILES string of the molecule is CC1=CC2N=C(c3cc(-c4ccc(C)cc4)c4ccc5ccc(-c6ccc(C)cc6)c6ccc3c4c56)OC2C=C1. The Labute approximate surface area is 234 Å². The van der Waals surface area contributed by atoms with Gasteiger partial charge in [-0.1, -0.05) is 114 Å². The molecule has 0 fully saturated rings. The van der Waals surface area contributed by atoms with Gasteiger partial charge in [0, 0.05) is 5.56 Å². The van der Waals surface area contributed by atoms with E-state index in [0.717, 1.165) is 11.5 Å². The first-order valence-electron chi connectivity index (χ1n) is 14.0. The van der Waals surface area contributed by atoms with E-state index < -0.39 is 0 Å². The number of hydrogen-bond donors (Lipinski definition) is 0. The lowest BCUT2D eigenvalue weighted by Crippen LogP contribution is -2.20. The first-order valence-corrected chi connectivity index (χ1v) is 14.0. The topological polar surface area (TPSA) is 21.6 Å². The first kappa shape index (κ1) is 23.2. The van der Waals surface area contributed by atoms with E-state index in [-0.39, 0.29) is 12.1 Å². The van der Waals surface area contributed by atoms with Gasteiger partial charge in [-0.15, -0.1) is 0 Å². The maximum absolute atomic E-state index is 6.52. The molecule has 0 radical (unpaired) electrons. The summed E-state index contributed by atoms with van der Waals surface area (Å²) in [5.41, 5.74) is 9.73. The average molecular weight is 516 g/mol. The molecule has 1 aliphatic heterocycles. The van der Waals surface area contributed by atoms with Crippen molar-refractivity contribution in [1.82, 2.24) is 0 Å². The van der Waals surface area contributed by atoms with Gasteiger partial charge in [0.05, 0.1) is 0 Å². The monoisotopic (exact) mass is 515 g/mol. The molecule has 0 aromatic heterocycles. The molecule has 40 heavy (non-hydrogen) atoms. The van der Waals surface area contributed by atoms with Crippen molar-refractivity contribution in [3.8, 4) is 22.3 Å². The number of hydrogen-bond acceptors (Lipinski definition) is 2. The van der Waals surface area contributed by atoms with E-state index in [1.54, 1.807) is 0 Å². The highest BCUT2D eigenvalue weighted by molar-refractivity contribution is 6.30. The van der Waals surface area contributed by atoms with E-state index in [0.29, 0.717) is 0 Å². The summed E-state index contributed by atoms with van der Waals surface area (Å²) < 4.78 is 6.52. The Bertz CT molecular complexity index is 2040. The molecular weight excluding hydrogens is 486 g/mol. The number of allylic oxidation sites excluding steroid dienone is 2. The number of fused-ring (bicyclic) bond motifs is 1. The molecule has 8 rings (SSSR count). The number of nitrogens with zero attached hydrogens (tertiary/aromatic N) is 1. The van der Waals surface area contributed by atoms with Crippen molar-refractivity contribution in [1.29, 1.82) is 0 Å². The predicted molar refractivity (Wildman–Crippen MR) is 169 cm³/mol. The van der Waals surface area contributed by atoms with Crippen LogP contribution < -0.4 is 0 Å². The van der Waals surface area contributed by atoms with Gasteiger partial charge >= 0.3 is 0 Å². The molecule has 0 saturated heterocycles. The molecule has 2 atom stereocenters. The Hall–Kier alpha value is -4.69. The van der Waals surface area contributed by atoms with Gasteiger partial charge in [-0.3, -0.25) is 0 Å². The highest BCUT2D eigenvalue weighted by atomic mass is 16.5. The van der Waals surface area contributed by atoms with E-state index in [1.165, 1.54) is 71.3 Å². The summed E-state index contributed by atoms with van der Waals surface area (Å²) in [6.45, 7) is 6.40. The molecule has 192 valence electrons. The molecule has 2 heteroatoms. The fourth-order valence-corrected chi connectivity index (χ4v) is 6.46. The maximum atomic E-state index is 6.52. The van der Waals surface area contributed by atoms with Crippen LogP contribution in [-0.4, -0.2) is 18.0 Å². The van der Waals surface area contributed by atoms with E-state index in [9.17, 15) is 0 Å². The zero-order valence-electron chi connectivity index (χ0n) is 22.9. The van der Waals surface area contributed by atoms with Gasteiger partial charge in [-0.2, -0.15) is 0 Å². The number of aryl methyl sites for hydroxylation is 2. The molecule has 1 heterocycles. The summed E-state index contributed by atoms with van der Waals surface area (Å²) in [6, 6.07) is 33.7. The van der Waals surface area contributed by atoms with Crippen LogP contribution in [0.1, 0.15) is 23.6 Å². The Morgan fingerprint density at radius 3 is 1.93 bits per heavy atom. The van der Waals surface area contributed by atoms with Gasteiger partial charge in [0.1, 0.15) is 12.1 Å². The second-order valence-electron chi connectivity index (χ2n) is 11.3. The second-order valence-corrected chi connectivity index (χ2v) is 11.3. The van der Waals surface area contributed by atoms with Crippen LogP contribution in [0, 0.1) is 13.8 Å². The van der Waals surface area contributed by atoms with E-state index in [2.05, 4.69) is 130 Å². The minimum Gasteiger partial charge on any atom is -0.467 e. The standard InChI is InChI=1S/C38H29NO/c1-22-4-9-25(10-5-22)28-15-13-27-14-16-30-32(26-11-6-23(2)7-12-26)21-33(31-18-17-29(28)36(27)37(30)31)38-39-34-20-24(3)8-19-35(34)40-38/h4-21,34-35H,1-3H3. The maximum Gasteiger partial charge on any atom is 0.218 e. The Morgan fingerprint density at radius 1 is 0.600 bits per heavy atom. The van der Waals surface area contributed by atoms with Crippen LogP contribution in [0.4, 0.5) is 0 Å². The molecule has 6 aromatic rings. The van der Waals surface area contributed by atoms with Gasteiger partial charge in [0.2, 0.25) is 5.90 Å². The highest BCUT2D eigenvalue weighted by Gasteiger charge is 2.31. The van der Waals surface area contributed by atoms with E-state index in [4.69, 9.17) is 9.73 Å². The van der Waals surface area contributed by atoms with Crippen LogP contribution in [0.3, 0.4) is 0 Å². The quantitative estimate of drug-likeness (QED) is 0.215. The Balaban J connectivity index is 1.45. The van der Waals surface area contributed by atoms with Gasteiger partial charge in [0.15, 0.2) is 0 Å². The van der Waals surface area contributed by atoms with Crippen LogP contribution in [-0.2, 0) is 4.74 Å². The molecule has 2 unspecified atom stereocenters. The van der Waals surface area contributed by atoms with Crippen molar-refractivity contribution in [2.75, 3.05) is 0 Å². The Kier molecular flexibility index (Phi) is 5.03. The zero-order chi connectivity index (χ0) is 27.0. The molecule has 0 spiro atoms. The van der Waals surface area contributed by atoms with Crippen LogP contribution >= 0.6 is 0 Å². The van der Waals surface area contributed by atoms with Gasteiger partial charge < -0.3 is 4.74 Å². The minimum absolute atomic E-state index is 0.0227. The smallest absolute Gasteiger partial charge is 0.218 e.